The molecule has 0 amide bonds. The molecule has 0 N–H and O–H groups in total. The molecule has 0 bridgehead atoms. The van der Waals surface area contributed by atoms with Crippen LogP contribution in [-0.4, -0.2) is 92.8 Å². The van der Waals surface area contributed by atoms with Gasteiger partial charge in [-0.25, -0.2) is 27.0 Å². The fraction of sp³-hybridized carbons (Fsp3) is 1.00. The zero-order valence-corrected chi connectivity index (χ0v) is 18.5. The Morgan fingerprint density at radius 1 is 0.439 bits per heavy atom. The first kappa shape index (κ1) is 43.6. The molecular weight excluding hydrogens is 672 g/mol. The summed E-state index contributed by atoms with van der Waals surface area (Å²) >= 11 is 0. The summed E-state index contributed by atoms with van der Waals surface area (Å²) in [6, 6.07) is -23.6. The molecular formula is C13H10F24N2O2. The van der Waals surface area contributed by atoms with Crippen molar-refractivity contribution in [1.82, 2.24) is 9.80 Å². The number of hydrogen-bond acceptors (Lipinski definition) is 4. The number of hydrogen-bond donors (Lipinski definition) is 0. The monoisotopic (exact) mass is 682 g/mol. The van der Waals surface area contributed by atoms with Crippen LogP contribution >= 0.6 is 0 Å². The molecule has 28 heteroatoms. The first-order chi connectivity index (χ1) is 17.9. The lowest BCUT2D eigenvalue weighted by Gasteiger charge is -2.45. The van der Waals surface area contributed by atoms with Gasteiger partial charge in [0.2, 0.25) is 6.93 Å². The van der Waals surface area contributed by atoms with E-state index in [1.165, 1.54) is 0 Å². The third kappa shape index (κ3) is 9.07. The van der Waals surface area contributed by atoms with E-state index in [2.05, 4.69) is 0 Å². The Balaban J connectivity index is -0.000000547. The van der Waals surface area contributed by atoms with Crippen LogP contribution in [0.3, 0.4) is 0 Å². The SMILES string of the molecule is CF.FC(F)F.FCF.FCN1C(F)(F)C(F)(F)OC(F)(F)C1(F)F.FCN1C(F)(F)C(F)(F)OC(F)(F)C1(F)F. The smallest absolute Gasteiger partial charge is 0.255 e. The van der Waals surface area contributed by atoms with Crippen LogP contribution in [0.1, 0.15) is 0 Å². The van der Waals surface area contributed by atoms with Gasteiger partial charge in [-0.2, -0.15) is 83.4 Å². The molecule has 0 aromatic carbocycles. The second-order valence-electron chi connectivity index (χ2n) is 5.88. The molecule has 0 atom stereocenters. The van der Waals surface area contributed by atoms with Crippen LogP contribution in [0.15, 0.2) is 0 Å². The van der Waals surface area contributed by atoms with E-state index in [-0.39, 0.29) is 0 Å². The van der Waals surface area contributed by atoms with Gasteiger partial charge in [-0.3, -0.25) is 4.39 Å². The maximum Gasteiger partial charge on any atom is 0.439 e. The third-order valence-corrected chi connectivity index (χ3v) is 3.51. The van der Waals surface area contributed by atoms with Crippen LogP contribution in [0, 0.1) is 0 Å². The number of morpholine rings is 2. The molecule has 2 aliphatic heterocycles. The van der Waals surface area contributed by atoms with Gasteiger partial charge in [0, 0.05) is 0 Å². The van der Waals surface area contributed by atoms with Crippen molar-refractivity contribution in [2.24, 2.45) is 0 Å². The Morgan fingerprint density at radius 3 is 0.659 bits per heavy atom. The lowest BCUT2D eigenvalue weighted by Crippen LogP contribution is -2.73. The van der Waals surface area contributed by atoms with Gasteiger partial charge in [0.1, 0.15) is 0 Å². The fourth-order valence-corrected chi connectivity index (χ4v) is 1.85. The molecule has 252 valence electrons. The zero-order valence-electron chi connectivity index (χ0n) is 18.5. The van der Waals surface area contributed by atoms with Gasteiger partial charge in [0.25, 0.3) is 0 Å². The van der Waals surface area contributed by atoms with Gasteiger partial charge in [-0.1, -0.05) is 0 Å². The van der Waals surface area contributed by atoms with Crippen LogP contribution < -0.4 is 0 Å². The number of ether oxygens (including phenoxy) is 2. The molecule has 2 rings (SSSR count). The third-order valence-electron chi connectivity index (χ3n) is 3.51. The highest BCUT2D eigenvalue weighted by atomic mass is 19.4. The maximum absolute atomic E-state index is 12.5. The summed E-state index contributed by atoms with van der Waals surface area (Å²) in [5.74, 6) is 0. The summed E-state index contributed by atoms with van der Waals surface area (Å²) in [6.45, 7) is -11.2. The van der Waals surface area contributed by atoms with Crippen LogP contribution in [-0.2, 0) is 9.47 Å². The van der Waals surface area contributed by atoms with E-state index in [0.29, 0.717) is 7.18 Å². The quantitative estimate of drug-likeness (QED) is 0.219. The summed E-state index contributed by atoms with van der Waals surface area (Å²) in [5.41, 5.74) is 0. The van der Waals surface area contributed by atoms with Gasteiger partial charge in [-0.05, 0) is 0 Å². The van der Waals surface area contributed by atoms with Crippen LogP contribution in [0.5, 0.6) is 0 Å². The molecule has 0 aromatic heterocycles. The molecule has 41 heavy (non-hydrogen) atoms. The summed E-state index contributed by atoms with van der Waals surface area (Å²) in [4.78, 5) is -4.52. The number of nitrogens with zero attached hydrogens (tertiary/aromatic N) is 2. The van der Waals surface area contributed by atoms with E-state index in [1.807, 2.05) is 9.47 Å². The molecule has 2 fully saturated rings. The number of rotatable bonds is 2. The van der Waals surface area contributed by atoms with Crippen molar-refractivity contribution in [3.63, 3.8) is 0 Å². The molecule has 2 aliphatic rings. The molecule has 0 unspecified atom stereocenters. The molecule has 2 heterocycles. The van der Waals surface area contributed by atoms with E-state index in [0.717, 1.165) is 0 Å². The molecule has 4 nitrogen and oxygen atoms in total. The highest BCUT2D eigenvalue weighted by Crippen LogP contribution is 2.56. The average Bonchev–Trinajstić information content (AvgIpc) is 2.72. The molecule has 2 saturated heterocycles. The van der Waals surface area contributed by atoms with Crippen molar-refractivity contribution in [3.05, 3.63) is 0 Å². The highest BCUT2D eigenvalue weighted by Gasteiger charge is 2.84. The minimum Gasteiger partial charge on any atom is -0.255 e. The van der Waals surface area contributed by atoms with E-state index in [9.17, 15) is 105 Å². The molecule has 0 radical (unpaired) electrons. The van der Waals surface area contributed by atoms with Gasteiger partial charge in [-0.15, -0.1) is 9.80 Å². The Hall–Kier alpha value is -1.84. The minimum atomic E-state index is -5.94. The van der Waals surface area contributed by atoms with Crippen molar-refractivity contribution in [1.29, 1.82) is 0 Å². The summed E-state index contributed by atoms with van der Waals surface area (Å²) in [6.07, 6.45) is -23.8. The van der Waals surface area contributed by atoms with E-state index < -0.39 is 85.6 Å². The van der Waals surface area contributed by atoms with Crippen molar-refractivity contribution in [2.45, 2.75) is 55.3 Å². The highest BCUT2D eigenvalue weighted by molar-refractivity contribution is 4.94. The second kappa shape index (κ2) is 14.6. The molecule has 0 spiro atoms. The predicted octanol–water partition coefficient (Wildman–Crippen LogP) is 7.88. The van der Waals surface area contributed by atoms with Gasteiger partial charge in [0.05, 0.1) is 7.18 Å². The van der Waals surface area contributed by atoms with Crippen molar-refractivity contribution in [3.8, 4) is 0 Å². The van der Waals surface area contributed by atoms with Gasteiger partial charge in [0.15, 0.2) is 13.6 Å². The molecule has 0 saturated carbocycles. The average molecular weight is 682 g/mol. The number of alkyl halides is 24. The maximum atomic E-state index is 12.5. The van der Waals surface area contributed by atoms with Crippen molar-refractivity contribution in [2.75, 3.05) is 27.7 Å². The number of halogens is 24. The largest absolute Gasteiger partial charge is 0.439 e. The lowest BCUT2D eigenvalue weighted by molar-refractivity contribution is -0.565. The lowest BCUT2D eigenvalue weighted by atomic mass is 10.3. The van der Waals surface area contributed by atoms with Crippen molar-refractivity contribution >= 4 is 0 Å². The second-order valence-corrected chi connectivity index (χ2v) is 5.88. The normalized spacial score (nSPS) is 25.9. The Labute approximate surface area is 209 Å². The van der Waals surface area contributed by atoms with Gasteiger partial charge < -0.3 is 0 Å². The van der Waals surface area contributed by atoms with E-state index in [1.54, 1.807) is 0 Å². The van der Waals surface area contributed by atoms with E-state index in [4.69, 9.17) is 0 Å². The standard InChI is InChI=1S/2C5H2F9NO.CHF3.CH2F2.CH3F/c2*6-1-15-2(7,8)4(11,12)16-5(13,14)3(15,9)10;2-1(3)4;2-1-3;1-2/h2*1H2;1H;1H2;1H3. The van der Waals surface area contributed by atoms with Crippen LogP contribution in [0.4, 0.5) is 105 Å². The van der Waals surface area contributed by atoms with Crippen LogP contribution in [0.25, 0.3) is 0 Å². The minimum absolute atomic E-state index is 0.500. The summed E-state index contributed by atoms with van der Waals surface area (Å²) in [5, 5.41) is 0. The molecule has 0 aromatic rings. The zero-order chi connectivity index (χ0) is 34.3. The summed E-state index contributed by atoms with van der Waals surface area (Å²) < 4.78 is 283. The molecule has 0 aliphatic carbocycles. The van der Waals surface area contributed by atoms with Gasteiger partial charge >= 0.3 is 55.3 Å². The van der Waals surface area contributed by atoms with Crippen molar-refractivity contribution < 1.29 is 115 Å². The first-order valence-electron chi connectivity index (χ1n) is 8.47. The Kier molecular flexibility index (Phi) is 15.5. The van der Waals surface area contributed by atoms with Crippen LogP contribution in [0.2, 0.25) is 0 Å². The predicted molar refractivity (Wildman–Crippen MR) is 78.6 cm³/mol. The Bertz CT molecular complexity index is 649. The fourth-order valence-electron chi connectivity index (χ4n) is 1.85. The van der Waals surface area contributed by atoms with E-state index >= 15 is 0 Å². The Morgan fingerprint density at radius 2 is 0.561 bits per heavy atom. The first-order valence-corrected chi connectivity index (χ1v) is 8.47. The summed E-state index contributed by atoms with van der Waals surface area (Å²) in [7, 11) is 0.500. The topological polar surface area (TPSA) is 24.9 Å².